The zero-order valence-electron chi connectivity index (χ0n) is 13.0. The van der Waals surface area contributed by atoms with E-state index in [4.69, 9.17) is 19.3 Å². The predicted molar refractivity (Wildman–Crippen MR) is 86.7 cm³/mol. The van der Waals surface area contributed by atoms with Gasteiger partial charge in [0.1, 0.15) is 11.9 Å². The van der Waals surface area contributed by atoms with Crippen molar-refractivity contribution in [3.63, 3.8) is 0 Å². The number of phosphoric acid groups is 1. The molecule has 0 radical (unpaired) electrons. The second-order valence-electron chi connectivity index (χ2n) is 5.69. The zero-order valence-corrected chi connectivity index (χ0v) is 13.9. The van der Waals surface area contributed by atoms with Gasteiger partial charge in [0.05, 0.1) is 25.9 Å². The van der Waals surface area contributed by atoms with Crippen molar-refractivity contribution in [1.29, 1.82) is 0 Å². The number of fused-ring (bicyclic) bond motifs is 1. The number of hydrogen-bond acceptors (Lipinski definition) is 5. The van der Waals surface area contributed by atoms with Crippen LogP contribution in [0.1, 0.15) is 18.1 Å². The molecule has 0 bridgehead atoms. The second kappa shape index (κ2) is 6.80. The molecule has 0 saturated carbocycles. The summed E-state index contributed by atoms with van der Waals surface area (Å²) in [4.78, 5) is 17.6. The minimum Gasteiger partial charge on any atom is -0.496 e. The molecule has 1 aliphatic rings. The van der Waals surface area contributed by atoms with E-state index >= 15 is 0 Å². The smallest absolute Gasteiger partial charge is 0.469 e. The first-order valence-electron chi connectivity index (χ1n) is 7.47. The fraction of sp³-hybridized carbons (Fsp3) is 0.375. The lowest BCUT2D eigenvalue weighted by molar-refractivity contribution is -0.0225. The molecule has 8 heteroatoms. The topological polar surface area (TPSA) is 105 Å². The first kappa shape index (κ1) is 17.4. The van der Waals surface area contributed by atoms with E-state index in [-0.39, 0.29) is 6.61 Å². The van der Waals surface area contributed by atoms with E-state index < -0.39 is 26.1 Å². The molecule has 3 atom stereocenters. The first-order valence-corrected chi connectivity index (χ1v) is 9.00. The molecule has 1 saturated heterocycles. The molecular weight excluding hydrogens is 335 g/mol. The summed E-state index contributed by atoms with van der Waals surface area (Å²) in [6, 6.07) is 11.7. The van der Waals surface area contributed by atoms with Crippen LogP contribution in [0.2, 0.25) is 0 Å². The second-order valence-corrected chi connectivity index (χ2v) is 6.93. The van der Waals surface area contributed by atoms with E-state index in [1.54, 1.807) is 7.11 Å². The lowest BCUT2D eigenvalue weighted by Gasteiger charge is -2.17. The summed E-state index contributed by atoms with van der Waals surface area (Å²) >= 11 is 0. The third-order valence-electron chi connectivity index (χ3n) is 4.08. The third-order valence-corrected chi connectivity index (χ3v) is 4.56. The van der Waals surface area contributed by atoms with E-state index in [0.29, 0.717) is 12.2 Å². The summed E-state index contributed by atoms with van der Waals surface area (Å²) in [6.45, 7) is -0.377. The lowest BCUT2D eigenvalue weighted by Crippen LogP contribution is -2.25. The highest BCUT2D eigenvalue weighted by molar-refractivity contribution is 7.46. The van der Waals surface area contributed by atoms with Gasteiger partial charge in [-0.05, 0) is 22.9 Å². The Morgan fingerprint density at radius 1 is 1.25 bits per heavy atom. The average Bonchev–Trinajstić information content (AvgIpc) is 2.92. The Balaban J connectivity index is 1.84. The highest BCUT2D eigenvalue weighted by Gasteiger charge is 2.37. The van der Waals surface area contributed by atoms with Gasteiger partial charge in [-0.3, -0.25) is 4.52 Å². The molecule has 1 fully saturated rings. The maximum absolute atomic E-state index is 10.8. The van der Waals surface area contributed by atoms with Gasteiger partial charge >= 0.3 is 7.82 Å². The molecule has 24 heavy (non-hydrogen) atoms. The Labute approximate surface area is 139 Å². The van der Waals surface area contributed by atoms with Crippen molar-refractivity contribution in [1.82, 2.24) is 0 Å². The minimum absolute atomic E-state index is 0.296. The van der Waals surface area contributed by atoms with Crippen LogP contribution in [0.25, 0.3) is 10.8 Å². The molecule has 2 aromatic carbocycles. The summed E-state index contributed by atoms with van der Waals surface area (Å²) in [5.74, 6) is 0.641. The van der Waals surface area contributed by atoms with E-state index in [2.05, 4.69) is 4.52 Å². The molecule has 0 aliphatic carbocycles. The molecule has 3 rings (SSSR count). The van der Waals surface area contributed by atoms with Gasteiger partial charge in [-0.15, -0.1) is 0 Å². The first-order chi connectivity index (χ1) is 11.4. The van der Waals surface area contributed by atoms with Crippen LogP contribution in [0.15, 0.2) is 36.4 Å². The molecule has 0 spiro atoms. The highest BCUT2D eigenvalue weighted by atomic mass is 31.2. The van der Waals surface area contributed by atoms with Gasteiger partial charge in [-0.25, -0.2) is 4.57 Å². The summed E-state index contributed by atoms with van der Waals surface area (Å²) in [6.07, 6.45) is -1.83. The molecular formula is C16H19O7P. The zero-order chi connectivity index (χ0) is 17.3. The summed E-state index contributed by atoms with van der Waals surface area (Å²) in [5.41, 5.74) is 0.786. The maximum Gasteiger partial charge on any atom is 0.469 e. The minimum atomic E-state index is -4.60. The molecule has 1 aliphatic heterocycles. The number of rotatable bonds is 5. The van der Waals surface area contributed by atoms with Crippen LogP contribution in [-0.4, -0.2) is 40.8 Å². The van der Waals surface area contributed by atoms with E-state index in [1.807, 2.05) is 36.4 Å². The van der Waals surface area contributed by atoms with Crippen molar-refractivity contribution in [3.05, 3.63) is 42.0 Å². The Kier molecular flexibility index (Phi) is 4.92. The average molecular weight is 354 g/mol. The quantitative estimate of drug-likeness (QED) is 0.707. The Bertz CT molecular complexity index is 772. The third kappa shape index (κ3) is 3.78. The predicted octanol–water partition coefficient (Wildman–Crippen LogP) is 2.15. The highest BCUT2D eigenvalue weighted by Crippen LogP contribution is 2.42. The fourth-order valence-electron chi connectivity index (χ4n) is 2.91. The lowest BCUT2D eigenvalue weighted by atomic mass is 9.99. The van der Waals surface area contributed by atoms with Crippen molar-refractivity contribution in [3.8, 4) is 5.75 Å². The van der Waals surface area contributed by atoms with Gasteiger partial charge in [-0.2, -0.15) is 0 Å². The Morgan fingerprint density at radius 3 is 2.54 bits per heavy atom. The number of aliphatic hydroxyl groups excluding tert-OH is 1. The monoisotopic (exact) mass is 354 g/mol. The van der Waals surface area contributed by atoms with E-state index in [1.165, 1.54) is 0 Å². The molecule has 0 amide bonds. The Hall–Kier alpha value is -1.47. The normalized spacial score (nSPS) is 24.4. The van der Waals surface area contributed by atoms with E-state index in [0.717, 1.165) is 16.3 Å². The van der Waals surface area contributed by atoms with Crippen molar-refractivity contribution in [2.75, 3.05) is 13.7 Å². The van der Waals surface area contributed by atoms with Gasteiger partial charge in [0.2, 0.25) is 0 Å². The SMILES string of the molecule is COc1cc2ccccc2cc1[C@H]1C[C@H](O)[C@@H](COP(=O)(O)O)O1. The van der Waals surface area contributed by atoms with Gasteiger partial charge in [0.15, 0.2) is 0 Å². The number of methoxy groups -OCH3 is 1. The van der Waals surface area contributed by atoms with Crippen LogP contribution in [0.3, 0.4) is 0 Å². The largest absolute Gasteiger partial charge is 0.496 e. The molecule has 0 unspecified atom stereocenters. The van der Waals surface area contributed by atoms with Gasteiger partial charge in [0.25, 0.3) is 0 Å². The standard InChI is InChI=1S/C16H19O7P/c1-21-14-7-11-5-3-2-4-10(11)6-12(14)15-8-13(17)16(23-15)9-22-24(18,19)20/h2-7,13,15-17H,8-9H2,1H3,(H2,18,19,20)/t13-,15+,16+/m0/s1. The number of phosphoric ester groups is 1. The molecule has 3 N–H and O–H groups in total. The molecule has 7 nitrogen and oxygen atoms in total. The van der Waals surface area contributed by atoms with E-state index in [9.17, 15) is 9.67 Å². The number of benzene rings is 2. The Morgan fingerprint density at radius 2 is 1.92 bits per heavy atom. The van der Waals surface area contributed by atoms with Crippen LogP contribution in [-0.2, 0) is 13.8 Å². The molecule has 1 heterocycles. The van der Waals surface area contributed by atoms with Crippen molar-refractivity contribution in [2.24, 2.45) is 0 Å². The molecule has 2 aromatic rings. The summed E-state index contributed by atoms with van der Waals surface area (Å²) in [7, 11) is -3.04. The maximum atomic E-state index is 10.8. The number of ether oxygens (including phenoxy) is 2. The van der Waals surface area contributed by atoms with Crippen LogP contribution in [0.5, 0.6) is 5.75 Å². The van der Waals surface area contributed by atoms with Crippen molar-refractivity contribution < 1.29 is 33.5 Å². The van der Waals surface area contributed by atoms with Crippen LogP contribution >= 0.6 is 7.82 Å². The van der Waals surface area contributed by atoms with Crippen LogP contribution < -0.4 is 4.74 Å². The summed E-state index contributed by atoms with van der Waals surface area (Å²) in [5, 5.41) is 12.1. The van der Waals surface area contributed by atoms with Gasteiger partial charge in [0, 0.05) is 12.0 Å². The summed E-state index contributed by atoms with van der Waals surface area (Å²) < 4.78 is 26.4. The van der Waals surface area contributed by atoms with Crippen LogP contribution in [0.4, 0.5) is 0 Å². The van der Waals surface area contributed by atoms with Crippen molar-refractivity contribution in [2.45, 2.75) is 24.7 Å². The van der Waals surface area contributed by atoms with Gasteiger partial charge < -0.3 is 24.4 Å². The molecule has 0 aromatic heterocycles. The van der Waals surface area contributed by atoms with Crippen LogP contribution in [0, 0.1) is 0 Å². The number of hydrogen-bond donors (Lipinski definition) is 3. The van der Waals surface area contributed by atoms with Crippen molar-refractivity contribution >= 4 is 18.6 Å². The molecule has 130 valence electrons. The van der Waals surface area contributed by atoms with Gasteiger partial charge in [-0.1, -0.05) is 24.3 Å². The number of aliphatic hydroxyl groups is 1. The fourth-order valence-corrected chi connectivity index (χ4v) is 3.26.